The van der Waals surface area contributed by atoms with Crippen LogP contribution in [0.25, 0.3) is 10.8 Å². The van der Waals surface area contributed by atoms with Gasteiger partial charge in [0.1, 0.15) is 10.1 Å². The van der Waals surface area contributed by atoms with Crippen molar-refractivity contribution in [3.8, 4) is 0 Å². The van der Waals surface area contributed by atoms with E-state index in [1.54, 1.807) is 42.5 Å². The third-order valence-electron chi connectivity index (χ3n) is 4.44. The molecule has 0 unspecified atom stereocenters. The van der Waals surface area contributed by atoms with Gasteiger partial charge in [-0.05, 0) is 41.3 Å². The lowest BCUT2D eigenvalue weighted by molar-refractivity contribution is 0.0598. The number of amides is 2. The highest BCUT2D eigenvalue weighted by atomic mass is 79.9. The molecule has 3 aromatic rings. The second kappa shape index (κ2) is 6.26. The van der Waals surface area contributed by atoms with Gasteiger partial charge in [-0.25, -0.2) is 8.42 Å². The number of rotatable bonds is 3. The van der Waals surface area contributed by atoms with Gasteiger partial charge in [0.05, 0.1) is 11.4 Å². The topological polar surface area (TPSA) is 94.6 Å². The van der Waals surface area contributed by atoms with Gasteiger partial charge >= 0.3 is 0 Å². The Labute approximate surface area is 163 Å². The maximum Gasteiger partial charge on any atom is 0.261 e. The second-order valence-electron chi connectivity index (χ2n) is 6.15. The van der Waals surface area contributed by atoms with Crippen LogP contribution in [0.5, 0.6) is 0 Å². The molecule has 0 atom stereocenters. The summed E-state index contributed by atoms with van der Waals surface area (Å²) in [5.74, 6) is -1.09. The monoisotopic (exact) mass is 444 g/mol. The van der Waals surface area contributed by atoms with E-state index >= 15 is 0 Å². The van der Waals surface area contributed by atoms with Crippen LogP contribution in [0.4, 0.5) is 0 Å². The Morgan fingerprint density at radius 1 is 0.926 bits per heavy atom. The number of halogens is 1. The van der Waals surface area contributed by atoms with Crippen LogP contribution in [0.3, 0.4) is 0 Å². The minimum atomic E-state index is -4.74. The molecule has 4 rings (SSSR count). The molecule has 0 N–H and O–H groups in total. The second-order valence-corrected chi connectivity index (χ2v) is 8.45. The summed E-state index contributed by atoms with van der Waals surface area (Å²) in [4.78, 5) is 26.4. The lowest BCUT2D eigenvalue weighted by atomic mass is 9.94. The fourth-order valence-corrected chi connectivity index (χ4v) is 3.99. The normalized spacial score (nSPS) is 14.1. The van der Waals surface area contributed by atoms with Crippen molar-refractivity contribution in [2.24, 2.45) is 0 Å². The van der Waals surface area contributed by atoms with Crippen molar-refractivity contribution in [1.29, 1.82) is 0 Å². The molecule has 0 bridgehead atoms. The van der Waals surface area contributed by atoms with E-state index in [0.717, 1.165) is 21.0 Å². The summed E-state index contributed by atoms with van der Waals surface area (Å²) < 4.78 is 35.3. The smallest absolute Gasteiger partial charge is 0.261 e. The van der Waals surface area contributed by atoms with Gasteiger partial charge in [-0.1, -0.05) is 40.2 Å². The summed E-state index contributed by atoms with van der Waals surface area (Å²) in [6.45, 7) is 0.0368. The first-order chi connectivity index (χ1) is 12.8. The summed E-state index contributed by atoms with van der Waals surface area (Å²) in [5, 5.41) is 0.733. The number of carbonyl (C=O) groups is 2. The molecule has 1 aliphatic rings. The van der Waals surface area contributed by atoms with Crippen molar-refractivity contribution in [2.75, 3.05) is 0 Å². The van der Waals surface area contributed by atoms with Gasteiger partial charge in [0.2, 0.25) is 0 Å². The van der Waals surface area contributed by atoms with Crippen LogP contribution in [0.2, 0.25) is 0 Å². The lowest BCUT2D eigenvalue weighted by Gasteiger charge is -2.28. The van der Waals surface area contributed by atoms with E-state index < -0.39 is 26.8 Å². The summed E-state index contributed by atoms with van der Waals surface area (Å²) >= 11 is 3.33. The fourth-order valence-electron chi connectivity index (χ4n) is 3.19. The van der Waals surface area contributed by atoms with E-state index in [0.29, 0.717) is 16.3 Å². The van der Waals surface area contributed by atoms with Gasteiger partial charge in [-0.3, -0.25) is 14.5 Å². The van der Waals surface area contributed by atoms with Gasteiger partial charge in [0.25, 0.3) is 11.8 Å². The zero-order chi connectivity index (χ0) is 19.3. The van der Waals surface area contributed by atoms with Crippen molar-refractivity contribution < 1.29 is 22.6 Å². The zero-order valence-electron chi connectivity index (χ0n) is 13.7. The molecule has 0 saturated heterocycles. The molecule has 2 amide bonds. The number of carbonyl (C=O) groups excluding carboxylic acids is 2. The van der Waals surface area contributed by atoms with Crippen molar-refractivity contribution in [3.05, 3.63) is 75.8 Å². The van der Waals surface area contributed by atoms with Crippen molar-refractivity contribution in [3.63, 3.8) is 0 Å². The van der Waals surface area contributed by atoms with E-state index in [-0.39, 0.29) is 12.1 Å². The van der Waals surface area contributed by atoms with Crippen molar-refractivity contribution in [2.45, 2.75) is 11.4 Å². The molecule has 1 aliphatic heterocycles. The molecule has 1 heterocycles. The number of benzene rings is 3. The van der Waals surface area contributed by atoms with Gasteiger partial charge in [-0.15, -0.1) is 0 Å². The third kappa shape index (κ3) is 3.05. The van der Waals surface area contributed by atoms with E-state index in [1.807, 2.05) is 0 Å². The molecular formula is C19H11BrNO5S-. The van der Waals surface area contributed by atoms with E-state index in [4.69, 9.17) is 0 Å². The van der Waals surface area contributed by atoms with Gasteiger partial charge in [0, 0.05) is 21.0 Å². The standard InChI is InChI=1S/C19H12BrNO5S/c20-13-6-4-11(5-7-13)10-21-18(22)15-3-1-2-12-8-14(27(24,25)26)9-16(17(12)15)19(21)23/h1-9H,10H2,(H,24,25,26)/p-1. The van der Waals surface area contributed by atoms with Gasteiger partial charge < -0.3 is 4.55 Å². The summed E-state index contributed by atoms with van der Waals surface area (Å²) in [5.41, 5.74) is 1.08. The molecule has 27 heavy (non-hydrogen) atoms. The zero-order valence-corrected chi connectivity index (χ0v) is 16.1. The summed E-state index contributed by atoms with van der Waals surface area (Å²) in [6, 6.07) is 14.1. The lowest BCUT2D eigenvalue weighted by Crippen LogP contribution is -2.39. The Morgan fingerprint density at radius 3 is 2.26 bits per heavy atom. The molecule has 8 heteroatoms. The SMILES string of the molecule is O=C1c2cccc3cc(S(=O)(=O)[O-])cc(c23)C(=O)N1Cc1ccc(Br)cc1. The highest BCUT2D eigenvalue weighted by Crippen LogP contribution is 2.33. The Balaban J connectivity index is 1.88. The van der Waals surface area contributed by atoms with Gasteiger partial charge in [0.15, 0.2) is 0 Å². The van der Waals surface area contributed by atoms with E-state index in [1.165, 1.54) is 6.07 Å². The Hall–Kier alpha value is -2.55. The first-order valence-corrected chi connectivity index (χ1v) is 10.1. The van der Waals surface area contributed by atoms with E-state index in [2.05, 4.69) is 15.9 Å². The molecule has 0 radical (unpaired) electrons. The molecule has 0 aromatic heterocycles. The van der Waals surface area contributed by atoms with Crippen LogP contribution in [-0.2, 0) is 16.7 Å². The first kappa shape index (κ1) is 17.8. The average Bonchev–Trinajstić information content (AvgIpc) is 2.63. The van der Waals surface area contributed by atoms with Crippen LogP contribution in [0.1, 0.15) is 26.3 Å². The summed E-state index contributed by atoms with van der Waals surface area (Å²) in [7, 11) is -4.74. The van der Waals surface area contributed by atoms with Gasteiger partial charge in [-0.2, -0.15) is 0 Å². The minimum absolute atomic E-state index is 0.0363. The maximum atomic E-state index is 13.0. The molecule has 6 nitrogen and oxygen atoms in total. The minimum Gasteiger partial charge on any atom is -0.744 e. The van der Waals surface area contributed by atoms with Crippen LogP contribution >= 0.6 is 15.9 Å². The highest BCUT2D eigenvalue weighted by molar-refractivity contribution is 9.10. The molecule has 136 valence electrons. The molecule has 0 fully saturated rings. The Kier molecular flexibility index (Phi) is 4.14. The Bertz CT molecular complexity index is 1220. The highest BCUT2D eigenvalue weighted by Gasteiger charge is 2.33. The number of imide groups is 1. The van der Waals surface area contributed by atoms with Crippen molar-refractivity contribution in [1.82, 2.24) is 4.90 Å². The maximum absolute atomic E-state index is 13.0. The van der Waals surface area contributed by atoms with Crippen LogP contribution in [0.15, 0.2) is 64.0 Å². The third-order valence-corrected chi connectivity index (χ3v) is 5.79. The number of hydrogen-bond acceptors (Lipinski definition) is 5. The van der Waals surface area contributed by atoms with Crippen LogP contribution in [-0.4, -0.2) is 29.7 Å². The first-order valence-electron chi connectivity index (χ1n) is 7.89. The molecule has 3 aromatic carbocycles. The van der Waals surface area contributed by atoms with Crippen LogP contribution in [0, 0.1) is 0 Å². The van der Waals surface area contributed by atoms with E-state index in [9.17, 15) is 22.6 Å². The predicted octanol–water partition coefficient (Wildman–Crippen LogP) is 3.30. The molecule has 0 aliphatic carbocycles. The Morgan fingerprint density at radius 2 is 1.59 bits per heavy atom. The fraction of sp³-hybridized carbons (Fsp3) is 0.0526. The molecular weight excluding hydrogens is 434 g/mol. The average molecular weight is 445 g/mol. The summed E-state index contributed by atoms with van der Waals surface area (Å²) in [6.07, 6.45) is 0. The molecule has 0 saturated carbocycles. The quantitative estimate of drug-likeness (QED) is 0.456. The molecule has 0 spiro atoms. The number of nitrogens with zero attached hydrogens (tertiary/aromatic N) is 1. The van der Waals surface area contributed by atoms with Crippen molar-refractivity contribution >= 4 is 48.6 Å². The largest absolute Gasteiger partial charge is 0.744 e. The predicted molar refractivity (Wildman–Crippen MR) is 100 cm³/mol. The van der Waals surface area contributed by atoms with Crippen LogP contribution < -0.4 is 0 Å². The number of hydrogen-bond donors (Lipinski definition) is 0.